The van der Waals surface area contributed by atoms with Crippen molar-refractivity contribution >= 4 is 0 Å². The molecule has 0 saturated heterocycles. The summed E-state index contributed by atoms with van der Waals surface area (Å²) >= 11 is 0. The van der Waals surface area contributed by atoms with Crippen LogP contribution in [0, 0.1) is 12.8 Å². The molecule has 0 radical (unpaired) electrons. The van der Waals surface area contributed by atoms with Gasteiger partial charge in [-0.05, 0) is 39.0 Å². The van der Waals surface area contributed by atoms with Crippen LogP contribution in [0.1, 0.15) is 62.7 Å². The van der Waals surface area contributed by atoms with Crippen LogP contribution in [0.3, 0.4) is 0 Å². The molecule has 0 aliphatic heterocycles. The molecule has 1 aromatic heterocycles. The molecule has 2 N–H and O–H groups in total. The largest absolute Gasteiger partial charge is 0.370 e. The average Bonchev–Trinajstić information content (AvgIpc) is 2.38. The van der Waals surface area contributed by atoms with Crippen molar-refractivity contribution in [3.8, 4) is 0 Å². The van der Waals surface area contributed by atoms with E-state index in [0.717, 1.165) is 29.9 Å². The molecule has 4 heteroatoms. The highest BCUT2D eigenvalue weighted by atomic mass is 16.5. The van der Waals surface area contributed by atoms with Gasteiger partial charge in [-0.1, -0.05) is 13.3 Å². The minimum atomic E-state index is -0.307. The molecule has 1 saturated carbocycles. The molecule has 1 aromatic rings. The standard InChI is InChI=1S/C15H25N3O/c1-10-6-5-7-15(8-10,19-4)14-17-9-13(11(2)16)12(3)18-14/h9-11H,5-8,16H2,1-4H3. The Kier molecular flexibility index (Phi) is 4.21. The Balaban J connectivity index is 2.36. The maximum absolute atomic E-state index is 5.92. The average molecular weight is 263 g/mol. The summed E-state index contributed by atoms with van der Waals surface area (Å²) in [6, 6.07) is -0.0298. The molecule has 0 amide bonds. The lowest BCUT2D eigenvalue weighted by atomic mass is 9.78. The molecule has 1 fully saturated rings. The van der Waals surface area contributed by atoms with E-state index >= 15 is 0 Å². The molecular formula is C15H25N3O. The van der Waals surface area contributed by atoms with Gasteiger partial charge in [0.15, 0.2) is 5.82 Å². The van der Waals surface area contributed by atoms with E-state index in [1.807, 2.05) is 20.0 Å². The summed E-state index contributed by atoms with van der Waals surface area (Å²) in [6.45, 7) is 6.23. The minimum Gasteiger partial charge on any atom is -0.370 e. The first-order chi connectivity index (χ1) is 8.98. The number of aromatic nitrogens is 2. The molecule has 0 aromatic carbocycles. The Morgan fingerprint density at radius 3 is 2.79 bits per heavy atom. The molecule has 4 nitrogen and oxygen atoms in total. The van der Waals surface area contributed by atoms with Crippen LogP contribution < -0.4 is 5.73 Å². The number of ether oxygens (including phenoxy) is 1. The van der Waals surface area contributed by atoms with E-state index in [0.29, 0.717) is 5.92 Å². The molecule has 1 heterocycles. The van der Waals surface area contributed by atoms with Crippen molar-refractivity contribution in [1.29, 1.82) is 0 Å². The number of hydrogen-bond acceptors (Lipinski definition) is 4. The molecule has 0 bridgehead atoms. The SMILES string of the molecule is COC1(c2ncc(C(C)N)c(C)n2)CCCC(C)C1. The third-order valence-corrected chi connectivity index (χ3v) is 4.26. The van der Waals surface area contributed by atoms with Gasteiger partial charge >= 0.3 is 0 Å². The van der Waals surface area contributed by atoms with Gasteiger partial charge in [-0.2, -0.15) is 0 Å². The fourth-order valence-electron chi connectivity index (χ4n) is 3.13. The summed E-state index contributed by atoms with van der Waals surface area (Å²) in [5.74, 6) is 1.48. The van der Waals surface area contributed by atoms with Gasteiger partial charge in [0.25, 0.3) is 0 Å². The smallest absolute Gasteiger partial charge is 0.160 e. The number of nitrogens with zero attached hydrogens (tertiary/aromatic N) is 2. The number of hydrogen-bond donors (Lipinski definition) is 1. The van der Waals surface area contributed by atoms with Crippen LogP contribution in [-0.2, 0) is 10.3 Å². The molecule has 3 unspecified atom stereocenters. The van der Waals surface area contributed by atoms with Gasteiger partial charge in [0.2, 0.25) is 0 Å². The zero-order valence-electron chi connectivity index (χ0n) is 12.4. The van der Waals surface area contributed by atoms with E-state index < -0.39 is 0 Å². The monoisotopic (exact) mass is 263 g/mol. The number of aryl methyl sites for hydroxylation is 1. The second kappa shape index (κ2) is 5.55. The van der Waals surface area contributed by atoms with Crippen LogP contribution >= 0.6 is 0 Å². The maximum Gasteiger partial charge on any atom is 0.160 e. The Bertz CT molecular complexity index is 447. The van der Waals surface area contributed by atoms with Crippen LogP contribution in [0.4, 0.5) is 0 Å². The second-order valence-electron chi connectivity index (χ2n) is 5.92. The lowest BCUT2D eigenvalue weighted by molar-refractivity contribution is -0.0647. The first kappa shape index (κ1) is 14.4. The van der Waals surface area contributed by atoms with Crippen molar-refractivity contribution in [3.05, 3.63) is 23.3 Å². The summed E-state index contributed by atoms with van der Waals surface area (Å²) in [5.41, 5.74) is 7.59. The predicted molar refractivity (Wildman–Crippen MR) is 75.7 cm³/mol. The van der Waals surface area contributed by atoms with Crippen molar-refractivity contribution in [2.75, 3.05) is 7.11 Å². The highest BCUT2D eigenvalue weighted by molar-refractivity contribution is 5.21. The van der Waals surface area contributed by atoms with Crippen molar-refractivity contribution in [1.82, 2.24) is 9.97 Å². The molecule has 106 valence electrons. The lowest BCUT2D eigenvalue weighted by Gasteiger charge is -2.37. The summed E-state index contributed by atoms with van der Waals surface area (Å²) in [4.78, 5) is 9.23. The number of rotatable bonds is 3. The van der Waals surface area contributed by atoms with E-state index in [2.05, 4.69) is 16.9 Å². The Morgan fingerprint density at radius 2 is 2.26 bits per heavy atom. The first-order valence-electron chi connectivity index (χ1n) is 7.13. The topological polar surface area (TPSA) is 61.0 Å². The van der Waals surface area contributed by atoms with Gasteiger partial charge in [-0.3, -0.25) is 0 Å². The van der Waals surface area contributed by atoms with Crippen LogP contribution in [0.25, 0.3) is 0 Å². The van der Waals surface area contributed by atoms with E-state index in [9.17, 15) is 0 Å². The second-order valence-corrected chi connectivity index (χ2v) is 5.92. The fourth-order valence-corrected chi connectivity index (χ4v) is 3.13. The highest BCUT2D eigenvalue weighted by Gasteiger charge is 2.39. The normalized spacial score (nSPS) is 29.2. The van der Waals surface area contributed by atoms with E-state index in [1.54, 1.807) is 7.11 Å². The zero-order chi connectivity index (χ0) is 14.0. The van der Waals surface area contributed by atoms with Crippen molar-refractivity contribution in [2.24, 2.45) is 11.7 Å². The van der Waals surface area contributed by atoms with E-state index in [1.165, 1.54) is 12.8 Å². The van der Waals surface area contributed by atoms with Gasteiger partial charge in [0.1, 0.15) is 5.60 Å². The third-order valence-electron chi connectivity index (χ3n) is 4.26. The van der Waals surface area contributed by atoms with Gasteiger partial charge in [0, 0.05) is 30.6 Å². The van der Waals surface area contributed by atoms with E-state index in [-0.39, 0.29) is 11.6 Å². The van der Waals surface area contributed by atoms with Crippen LogP contribution in [-0.4, -0.2) is 17.1 Å². The van der Waals surface area contributed by atoms with Gasteiger partial charge in [-0.15, -0.1) is 0 Å². The molecule has 1 aliphatic rings. The van der Waals surface area contributed by atoms with Crippen molar-refractivity contribution in [3.63, 3.8) is 0 Å². The predicted octanol–water partition coefficient (Wildman–Crippen LogP) is 2.86. The summed E-state index contributed by atoms with van der Waals surface area (Å²) in [5, 5.41) is 0. The fraction of sp³-hybridized carbons (Fsp3) is 0.733. The Morgan fingerprint density at radius 1 is 1.53 bits per heavy atom. The molecule has 19 heavy (non-hydrogen) atoms. The molecule has 1 aliphatic carbocycles. The number of nitrogens with two attached hydrogens (primary N) is 1. The molecular weight excluding hydrogens is 238 g/mol. The Hall–Kier alpha value is -1.00. The first-order valence-corrected chi connectivity index (χ1v) is 7.13. The lowest BCUT2D eigenvalue weighted by Crippen LogP contribution is -2.36. The minimum absolute atomic E-state index is 0.0298. The molecule has 2 rings (SSSR count). The summed E-state index contributed by atoms with van der Waals surface area (Å²) in [7, 11) is 1.77. The maximum atomic E-state index is 5.92. The van der Waals surface area contributed by atoms with Gasteiger partial charge in [-0.25, -0.2) is 9.97 Å². The van der Waals surface area contributed by atoms with Gasteiger partial charge in [0.05, 0.1) is 0 Å². The molecule has 3 atom stereocenters. The van der Waals surface area contributed by atoms with Crippen LogP contribution in [0.15, 0.2) is 6.20 Å². The van der Waals surface area contributed by atoms with Gasteiger partial charge < -0.3 is 10.5 Å². The third kappa shape index (κ3) is 2.79. The van der Waals surface area contributed by atoms with Crippen molar-refractivity contribution < 1.29 is 4.74 Å². The van der Waals surface area contributed by atoms with E-state index in [4.69, 9.17) is 10.5 Å². The zero-order valence-corrected chi connectivity index (χ0v) is 12.4. The van der Waals surface area contributed by atoms with Crippen LogP contribution in [0.2, 0.25) is 0 Å². The summed E-state index contributed by atoms with van der Waals surface area (Å²) < 4.78 is 5.83. The van der Waals surface area contributed by atoms with Crippen molar-refractivity contribution in [2.45, 2.75) is 58.1 Å². The summed E-state index contributed by atoms with van der Waals surface area (Å²) in [6.07, 6.45) is 6.31. The highest BCUT2D eigenvalue weighted by Crippen LogP contribution is 2.41. The molecule has 0 spiro atoms. The Labute approximate surface area is 115 Å². The van der Waals surface area contributed by atoms with Crippen LogP contribution in [0.5, 0.6) is 0 Å². The quantitative estimate of drug-likeness (QED) is 0.911. The number of methoxy groups -OCH3 is 1.